The Morgan fingerprint density at radius 3 is 2.43 bits per heavy atom. The smallest absolute Gasteiger partial charge is 0.416 e. The average Bonchev–Trinajstić information content (AvgIpc) is 3.40. The van der Waals surface area contributed by atoms with Gasteiger partial charge in [0.05, 0.1) is 23.0 Å². The van der Waals surface area contributed by atoms with Crippen LogP contribution in [0.3, 0.4) is 0 Å². The minimum absolute atomic E-state index is 0.194. The number of imidazole rings is 2. The molecule has 0 N–H and O–H groups in total. The van der Waals surface area contributed by atoms with Gasteiger partial charge >= 0.3 is 12.8 Å². The molecule has 0 saturated carbocycles. The van der Waals surface area contributed by atoms with Crippen LogP contribution in [0.4, 0.5) is 27.6 Å². The number of ether oxygens (including phenoxy) is 1. The summed E-state index contributed by atoms with van der Waals surface area (Å²) in [5, 5.41) is 0. The zero-order valence-electron chi connectivity index (χ0n) is 20.2. The third-order valence-electron chi connectivity index (χ3n) is 6.48. The molecular weight excluding hydrogens is 495 g/mol. The van der Waals surface area contributed by atoms with Gasteiger partial charge in [-0.15, -0.1) is 0 Å². The molecule has 0 spiro atoms. The Morgan fingerprint density at radius 1 is 1.05 bits per heavy atom. The first-order valence-electron chi connectivity index (χ1n) is 11.5. The maximum Gasteiger partial charge on any atom is 0.434 e. The van der Waals surface area contributed by atoms with E-state index in [1.54, 1.807) is 24.3 Å². The van der Waals surface area contributed by atoms with Gasteiger partial charge in [0.25, 0.3) is 0 Å². The van der Waals surface area contributed by atoms with Gasteiger partial charge in [-0.25, -0.2) is 15.0 Å². The number of halogens is 5. The number of hydrogen-bond donors (Lipinski definition) is 0. The fourth-order valence-electron chi connectivity index (χ4n) is 4.81. The standard InChI is InChI=1S/C25H23F5N6O/c1-14-21-20(18-5-4-10-31-23(18)37-24(26)27)32-15(2)36(21)12-11-35(14)17-8-6-16(7-9-17)22-33-19(13-34(22)3)25(28,29)30/h4-10,13-14,24H,11-12H2,1-3H3/t14-/m1/s1. The summed E-state index contributed by atoms with van der Waals surface area (Å²) >= 11 is 0. The fraction of sp³-hybridized carbons (Fsp3) is 0.320. The van der Waals surface area contributed by atoms with Crippen molar-refractivity contribution < 1.29 is 26.7 Å². The number of rotatable bonds is 5. The maximum atomic E-state index is 13.1. The van der Waals surface area contributed by atoms with Crippen molar-refractivity contribution in [2.75, 3.05) is 11.4 Å². The molecule has 0 fully saturated rings. The van der Waals surface area contributed by atoms with Crippen molar-refractivity contribution in [1.29, 1.82) is 0 Å². The minimum atomic E-state index is -4.52. The van der Waals surface area contributed by atoms with Gasteiger partial charge in [0.1, 0.15) is 11.6 Å². The van der Waals surface area contributed by atoms with E-state index in [0.29, 0.717) is 29.9 Å². The van der Waals surface area contributed by atoms with Gasteiger partial charge in [-0.2, -0.15) is 22.0 Å². The van der Waals surface area contributed by atoms with E-state index in [2.05, 4.69) is 29.2 Å². The van der Waals surface area contributed by atoms with Crippen molar-refractivity contribution in [3.05, 3.63) is 66.0 Å². The second kappa shape index (κ2) is 9.16. The molecule has 4 aromatic rings. The SMILES string of the molecule is Cc1nc(-c2cccnc2OC(F)F)c2n1CCN(c1ccc(-c3nc(C(F)(F)F)cn3C)cc1)[C@@H]2C. The van der Waals surface area contributed by atoms with Gasteiger partial charge in [-0.1, -0.05) is 0 Å². The molecule has 0 radical (unpaired) electrons. The second-order valence-electron chi connectivity index (χ2n) is 8.75. The monoisotopic (exact) mass is 518 g/mol. The third-order valence-corrected chi connectivity index (χ3v) is 6.48. The van der Waals surface area contributed by atoms with Crippen LogP contribution in [-0.4, -0.2) is 37.2 Å². The number of aryl methyl sites for hydroxylation is 2. The maximum absolute atomic E-state index is 13.1. The van der Waals surface area contributed by atoms with Gasteiger partial charge < -0.3 is 18.8 Å². The molecule has 7 nitrogen and oxygen atoms in total. The highest BCUT2D eigenvalue weighted by molar-refractivity contribution is 5.70. The van der Waals surface area contributed by atoms with E-state index < -0.39 is 18.5 Å². The topological polar surface area (TPSA) is 61.0 Å². The number of alkyl halides is 5. The van der Waals surface area contributed by atoms with Crippen LogP contribution in [0.15, 0.2) is 48.8 Å². The predicted molar refractivity (Wildman–Crippen MR) is 126 cm³/mol. The lowest BCUT2D eigenvalue weighted by molar-refractivity contribution is -0.140. The van der Waals surface area contributed by atoms with Crippen LogP contribution in [0.25, 0.3) is 22.6 Å². The molecule has 0 aliphatic carbocycles. The Bertz CT molecular complexity index is 1430. The molecule has 37 heavy (non-hydrogen) atoms. The van der Waals surface area contributed by atoms with Crippen molar-refractivity contribution in [3.63, 3.8) is 0 Å². The predicted octanol–water partition coefficient (Wildman–Crippen LogP) is 5.86. The first-order chi connectivity index (χ1) is 17.5. The molecule has 12 heteroatoms. The van der Waals surface area contributed by atoms with Gasteiger partial charge in [0, 0.05) is 43.8 Å². The van der Waals surface area contributed by atoms with Gasteiger partial charge in [-0.3, -0.25) is 0 Å². The molecule has 3 aromatic heterocycles. The molecule has 1 aromatic carbocycles. The van der Waals surface area contributed by atoms with Crippen LogP contribution in [-0.2, 0) is 19.8 Å². The number of hydrogen-bond acceptors (Lipinski definition) is 5. The first-order valence-corrected chi connectivity index (χ1v) is 11.5. The van der Waals surface area contributed by atoms with E-state index >= 15 is 0 Å². The Morgan fingerprint density at radius 2 is 1.78 bits per heavy atom. The summed E-state index contributed by atoms with van der Waals surface area (Å²) in [5.74, 6) is 0.763. The van der Waals surface area contributed by atoms with Crippen LogP contribution < -0.4 is 9.64 Å². The summed E-state index contributed by atoms with van der Waals surface area (Å²) in [6.45, 7) is 2.09. The lowest BCUT2D eigenvalue weighted by Crippen LogP contribution is -2.37. The van der Waals surface area contributed by atoms with Crippen molar-refractivity contribution in [2.24, 2.45) is 7.05 Å². The van der Waals surface area contributed by atoms with Crippen LogP contribution >= 0.6 is 0 Å². The summed E-state index contributed by atoms with van der Waals surface area (Å²) in [5.41, 5.74) is 2.19. The zero-order chi connectivity index (χ0) is 26.5. The first kappa shape index (κ1) is 24.7. The van der Waals surface area contributed by atoms with E-state index in [1.165, 1.54) is 17.8 Å². The molecule has 0 amide bonds. The van der Waals surface area contributed by atoms with Crippen molar-refractivity contribution in [2.45, 2.75) is 39.2 Å². The molecule has 0 unspecified atom stereocenters. The van der Waals surface area contributed by atoms with Crippen LogP contribution in [0, 0.1) is 6.92 Å². The Hall–Kier alpha value is -3.96. The Labute approximate surface area is 209 Å². The zero-order valence-corrected chi connectivity index (χ0v) is 20.2. The van der Waals surface area contributed by atoms with E-state index in [9.17, 15) is 22.0 Å². The van der Waals surface area contributed by atoms with Crippen LogP contribution in [0.2, 0.25) is 0 Å². The molecule has 1 aliphatic rings. The third kappa shape index (κ3) is 4.51. The van der Waals surface area contributed by atoms with Gasteiger partial charge in [0.15, 0.2) is 5.69 Å². The second-order valence-corrected chi connectivity index (χ2v) is 8.75. The van der Waals surface area contributed by atoms with Gasteiger partial charge in [-0.05, 0) is 50.2 Å². The molecule has 0 saturated heterocycles. The van der Waals surface area contributed by atoms with E-state index in [4.69, 9.17) is 0 Å². The molecule has 1 atom stereocenters. The number of benzene rings is 1. The number of fused-ring (bicyclic) bond motifs is 1. The quantitative estimate of drug-likeness (QED) is 0.310. The van der Waals surface area contributed by atoms with E-state index in [1.807, 2.05) is 26.0 Å². The summed E-state index contributed by atoms with van der Waals surface area (Å²) < 4.78 is 73.3. The minimum Gasteiger partial charge on any atom is -0.416 e. The van der Waals surface area contributed by atoms with E-state index in [0.717, 1.165) is 23.4 Å². The largest absolute Gasteiger partial charge is 0.434 e. The van der Waals surface area contributed by atoms with Crippen molar-refractivity contribution in [1.82, 2.24) is 24.1 Å². The lowest BCUT2D eigenvalue weighted by Gasteiger charge is -2.37. The molecule has 5 rings (SSSR count). The number of aromatic nitrogens is 5. The highest BCUT2D eigenvalue weighted by Crippen LogP contribution is 2.40. The van der Waals surface area contributed by atoms with Crippen molar-refractivity contribution >= 4 is 5.69 Å². The lowest BCUT2D eigenvalue weighted by atomic mass is 10.0. The van der Waals surface area contributed by atoms with Crippen LogP contribution in [0.5, 0.6) is 5.88 Å². The van der Waals surface area contributed by atoms with Gasteiger partial charge in [0.2, 0.25) is 5.88 Å². The highest BCUT2D eigenvalue weighted by atomic mass is 19.4. The summed E-state index contributed by atoms with van der Waals surface area (Å²) in [6.07, 6.45) is -2.18. The number of anilines is 1. The summed E-state index contributed by atoms with van der Waals surface area (Å²) in [6, 6.07) is 10.2. The highest BCUT2D eigenvalue weighted by Gasteiger charge is 2.35. The summed E-state index contributed by atoms with van der Waals surface area (Å²) in [4.78, 5) is 14.5. The van der Waals surface area contributed by atoms with Crippen molar-refractivity contribution in [3.8, 4) is 28.5 Å². The molecule has 4 heterocycles. The average molecular weight is 518 g/mol. The molecular formula is C25H23F5N6O. The number of pyridine rings is 1. The molecule has 194 valence electrons. The summed E-state index contributed by atoms with van der Waals surface area (Å²) in [7, 11) is 1.52. The normalized spacial score (nSPS) is 15.8. The Kier molecular flexibility index (Phi) is 6.12. The molecule has 1 aliphatic heterocycles. The number of nitrogens with zero attached hydrogens (tertiary/aromatic N) is 6. The van der Waals surface area contributed by atoms with E-state index in [-0.39, 0.29) is 17.7 Å². The van der Waals surface area contributed by atoms with Crippen LogP contribution in [0.1, 0.15) is 30.2 Å². The fourth-order valence-corrected chi connectivity index (χ4v) is 4.81. The molecule has 0 bridgehead atoms. The Balaban J connectivity index is 1.48.